The fraction of sp³-hybridized carbons (Fsp3) is 0.481. The minimum Gasteiger partial charge on any atom is -0.495 e. The van der Waals surface area contributed by atoms with E-state index in [-0.39, 0.29) is 18.1 Å². The number of aryl methyl sites for hydroxylation is 2. The van der Waals surface area contributed by atoms with E-state index in [1.165, 1.54) is 12.0 Å². The summed E-state index contributed by atoms with van der Waals surface area (Å²) in [5, 5.41) is 2.92. The van der Waals surface area contributed by atoms with Crippen LogP contribution in [0.5, 0.6) is 5.75 Å². The Balaban J connectivity index is 2.47. The number of rotatable bonds is 13. The number of hydrogen-bond acceptors (Lipinski definition) is 5. The van der Waals surface area contributed by atoms with E-state index in [0.717, 1.165) is 40.1 Å². The van der Waals surface area contributed by atoms with Crippen LogP contribution < -0.4 is 14.4 Å². The van der Waals surface area contributed by atoms with Gasteiger partial charge in [-0.3, -0.25) is 13.9 Å². The highest BCUT2D eigenvalue weighted by atomic mass is 32.2. The van der Waals surface area contributed by atoms with Gasteiger partial charge in [-0.25, -0.2) is 8.42 Å². The summed E-state index contributed by atoms with van der Waals surface area (Å²) in [6, 6.07) is 12.1. The molecule has 0 bridgehead atoms. The van der Waals surface area contributed by atoms with Gasteiger partial charge in [0, 0.05) is 13.1 Å². The Kier molecular flexibility index (Phi) is 10.8. The van der Waals surface area contributed by atoms with E-state index in [0.29, 0.717) is 18.7 Å². The van der Waals surface area contributed by atoms with Crippen molar-refractivity contribution in [1.82, 2.24) is 10.2 Å². The van der Waals surface area contributed by atoms with Gasteiger partial charge < -0.3 is 15.0 Å². The number of nitrogens with zero attached hydrogens (tertiary/aromatic N) is 2. The number of ether oxygens (including phenoxy) is 1. The van der Waals surface area contributed by atoms with Crippen molar-refractivity contribution in [3.8, 4) is 5.75 Å². The second kappa shape index (κ2) is 13.3. The van der Waals surface area contributed by atoms with E-state index in [4.69, 9.17) is 4.74 Å². The molecule has 0 aliphatic rings. The van der Waals surface area contributed by atoms with Crippen molar-refractivity contribution < 1.29 is 22.7 Å². The number of carbonyl (C=O) groups is 2. The summed E-state index contributed by atoms with van der Waals surface area (Å²) in [4.78, 5) is 28.4. The van der Waals surface area contributed by atoms with Crippen LogP contribution >= 0.6 is 0 Å². The van der Waals surface area contributed by atoms with Gasteiger partial charge in [-0.15, -0.1) is 0 Å². The molecule has 9 heteroatoms. The monoisotopic (exact) mass is 517 g/mol. The lowest BCUT2D eigenvalue weighted by atomic mass is 10.1. The molecule has 2 aromatic carbocycles. The van der Waals surface area contributed by atoms with Crippen LogP contribution in [0, 0.1) is 13.8 Å². The summed E-state index contributed by atoms with van der Waals surface area (Å²) < 4.78 is 32.1. The number of benzene rings is 2. The zero-order valence-corrected chi connectivity index (χ0v) is 23.0. The second-order valence-corrected chi connectivity index (χ2v) is 10.9. The SMILES string of the molecule is CCCCNC(=O)[C@@H](CC)N(Cc1cccc(C)c1)C(=O)CN(c1cc(C)ccc1OC)S(C)(=O)=O. The molecule has 1 N–H and O–H groups in total. The number of methoxy groups -OCH3 is 1. The van der Waals surface area contributed by atoms with Gasteiger partial charge >= 0.3 is 0 Å². The highest BCUT2D eigenvalue weighted by molar-refractivity contribution is 7.92. The van der Waals surface area contributed by atoms with Crippen LogP contribution in [0.15, 0.2) is 42.5 Å². The molecule has 1 atom stereocenters. The fourth-order valence-corrected chi connectivity index (χ4v) is 4.87. The predicted molar refractivity (Wildman–Crippen MR) is 144 cm³/mol. The Hall–Kier alpha value is -3.07. The largest absolute Gasteiger partial charge is 0.495 e. The Morgan fingerprint density at radius 2 is 1.75 bits per heavy atom. The Bertz CT molecular complexity index is 1150. The van der Waals surface area contributed by atoms with Gasteiger partial charge in [0.25, 0.3) is 0 Å². The highest BCUT2D eigenvalue weighted by Crippen LogP contribution is 2.31. The summed E-state index contributed by atoms with van der Waals surface area (Å²) >= 11 is 0. The summed E-state index contributed by atoms with van der Waals surface area (Å²) in [7, 11) is -2.39. The third-order valence-electron chi connectivity index (χ3n) is 5.93. The lowest BCUT2D eigenvalue weighted by Gasteiger charge is -2.33. The molecule has 2 rings (SSSR count). The molecule has 0 spiro atoms. The molecule has 0 heterocycles. The number of nitrogens with one attached hydrogen (secondary N) is 1. The van der Waals surface area contributed by atoms with Crippen molar-refractivity contribution in [3.05, 3.63) is 59.2 Å². The fourth-order valence-electron chi connectivity index (χ4n) is 4.02. The molecule has 0 aliphatic carbocycles. The molecular formula is C27H39N3O5S. The van der Waals surface area contributed by atoms with Crippen LogP contribution in [-0.4, -0.2) is 57.6 Å². The number of unbranched alkanes of at least 4 members (excludes halogenated alkanes) is 1. The molecule has 8 nitrogen and oxygen atoms in total. The van der Waals surface area contributed by atoms with E-state index < -0.39 is 28.5 Å². The molecule has 0 fully saturated rings. The number of anilines is 1. The average molecular weight is 518 g/mol. The molecule has 36 heavy (non-hydrogen) atoms. The van der Waals surface area contributed by atoms with Crippen LogP contribution in [0.1, 0.15) is 49.8 Å². The van der Waals surface area contributed by atoms with Gasteiger partial charge in [0.15, 0.2) is 0 Å². The molecule has 0 saturated heterocycles. The first kappa shape index (κ1) is 29.2. The molecular weight excluding hydrogens is 478 g/mol. The first-order valence-corrected chi connectivity index (χ1v) is 14.1. The van der Waals surface area contributed by atoms with E-state index >= 15 is 0 Å². The van der Waals surface area contributed by atoms with E-state index in [1.54, 1.807) is 12.1 Å². The molecule has 0 radical (unpaired) electrons. The van der Waals surface area contributed by atoms with E-state index in [9.17, 15) is 18.0 Å². The number of amides is 2. The van der Waals surface area contributed by atoms with Gasteiger partial charge in [-0.05, 0) is 49.9 Å². The Morgan fingerprint density at radius 1 is 1.06 bits per heavy atom. The highest BCUT2D eigenvalue weighted by Gasteiger charge is 2.32. The molecule has 0 saturated carbocycles. The summed E-state index contributed by atoms with van der Waals surface area (Å²) in [6.07, 6.45) is 3.22. The Labute approximate surface area is 215 Å². The number of carbonyl (C=O) groups excluding carboxylic acids is 2. The molecule has 198 valence electrons. The molecule has 2 aromatic rings. The summed E-state index contributed by atoms with van der Waals surface area (Å²) in [5.74, 6) is -0.373. The topological polar surface area (TPSA) is 96.0 Å². The molecule has 0 aliphatic heterocycles. The summed E-state index contributed by atoms with van der Waals surface area (Å²) in [5.41, 5.74) is 3.00. The van der Waals surface area contributed by atoms with E-state index in [1.807, 2.05) is 58.0 Å². The summed E-state index contributed by atoms with van der Waals surface area (Å²) in [6.45, 7) is 7.93. The van der Waals surface area contributed by atoms with Crippen LogP contribution in [0.2, 0.25) is 0 Å². The normalized spacial score (nSPS) is 12.1. The first-order valence-electron chi connectivity index (χ1n) is 12.3. The average Bonchev–Trinajstić information content (AvgIpc) is 2.81. The zero-order chi connectivity index (χ0) is 26.9. The molecule has 0 unspecified atom stereocenters. The maximum Gasteiger partial charge on any atom is 0.244 e. The maximum atomic E-state index is 13.8. The van der Waals surface area contributed by atoms with Gasteiger partial charge in [-0.2, -0.15) is 0 Å². The van der Waals surface area contributed by atoms with Crippen LogP contribution in [0.3, 0.4) is 0 Å². The molecule has 2 amide bonds. The quantitative estimate of drug-likeness (QED) is 0.408. The second-order valence-electron chi connectivity index (χ2n) is 9.02. The third kappa shape index (κ3) is 7.98. The lowest BCUT2D eigenvalue weighted by molar-refractivity contribution is -0.140. The van der Waals surface area contributed by atoms with Crippen molar-refractivity contribution in [2.24, 2.45) is 0 Å². The van der Waals surface area contributed by atoms with Gasteiger partial charge in [0.05, 0.1) is 19.1 Å². The minimum atomic E-state index is -3.84. The van der Waals surface area contributed by atoms with E-state index in [2.05, 4.69) is 5.32 Å². The van der Waals surface area contributed by atoms with Crippen molar-refractivity contribution in [2.75, 3.05) is 30.8 Å². The van der Waals surface area contributed by atoms with Crippen LogP contribution in [0.4, 0.5) is 5.69 Å². The third-order valence-corrected chi connectivity index (χ3v) is 7.06. The minimum absolute atomic E-state index is 0.183. The van der Waals surface area contributed by atoms with Gasteiger partial charge in [-0.1, -0.05) is 56.2 Å². The number of sulfonamides is 1. The zero-order valence-electron chi connectivity index (χ0n) is 22.2. The maximum absolute atomic E-state index is 13.8. The van der Waals surface area contributed by atoms with Crippen LogP contribution in [-0.2, 0) is 26.2 Å². The predicted octanol–water partition coefficient (Wildman–Crippen LogP) is 3.80. The smallest absolute Gasteiger partial charge is 0.244 e. The lowest BCUT2D eigenvalue weighted by Crippen LogP contribution is -2.52. The van der Waals surface area contributed by atoms with Crippen molar-refractivity contribution >= 4 is 27.5 Å². The van der Waals surface area contributed by atoms with Crippen molar-refractivity contribution in [2.45, 2.75) is 59.5 Å². The van der Waals surface area contributed by atoms with Crippen molar-refractivity contribution in [3.63, 3.8) is 0 Å². The van der Waals surface area contributed by atoms with Crippen molar-refractivity contribution in [1.29, 1.82) is 0 Å². The van der Waals surface area contributed by atoms with Gasteiger partial charge in [0.2, 0.25) is 21.8 Å². The van der Waals surface area contributed by atoms with Gasteiger partial charge in [0.1, 0.15) is 18.3 Å². The Morgan fingerprint density at radius 3 is 2.33 bits per heavy atom. The molecule has 0 aromatic heterocycles. The number of hydrogen-bond donors (Lipinski definition) is 1. The standard InChI is InChI=1S/C27H39N3O5S/c1-7-9-15-28-27(32)23(8-2)29(18-22-12-10-11-20(3)16-22)26(31)19-30(36(6,33)34)24-17-21(4)13-14-25(24)35-5/h10-14,16-17,23H,7-9,15,18-19H2,1-6H3,(H,28,32)/t23-/m1/s1. The first-order chi connectivity index (χ1) is 17.0. The van der Waals surface area contributed by atoms with Crippen LogP contribution in [0.25, 0.3) is 0 Å².